The molecule has 2 aromatic carbocycles. The van der Waals surface area contributed by atoms with Crippen molar-refractivity contribution in [3.05, 3.63) is 76.2 Å². The number of hydrogen-bond acceptors (Lipinski definition) is 2. The van der Waals surface area contributed by atoms with Gasteiger partial charge in [0.15, 0.2) is 5.65 Å². The number of hydrogen-bond donors (Lipinski definition) is 0. The maximum absolute atomic E-state index is 13.6. The van der Waals surface area contributed by atoms with Gasteiger partial charge in [-0.3, -0.25) is 0 Å². The molecule has 0 N–H and O–H groups in total. The molecule has 0 amide bonds. The SMILES string of the molecule is Fc1ccc(-n2ncc3c(C(F)F)cc(-c4ccc(Cl)c(Cl)c4)nc32)cc1. The van der Waals surface area contributed by atoms with Crippen LogP contribution in [0.2, 0.25) is 10.0 Å². The minimum absolute atomic E-state index is 0.200. The topological polar surface area (TPSA) is 30.7 Å². The summed E-state index contributed by atoms with van der Waals surface area (Å²) >= 11 is 12.0. The maximum atomic E-state index is 13.6. The zero-order chi connectivity index (χ0) is 19.1. The van der Waals surface area contributed by atoms with Crippen LogP contribution in [0, 0.1) is 5.82 Å². The van der Waals surface area contributed by atoms with E-state index in [1.807, 2.05) is 0 Å². The molecule has 2 heterocycles. The van der Waals surface area contributed by atoms with E-state index < -0.39 is 12.2 Å². The summed E-state index contributed by atoms with van der Waals surface area (Å²) in [6.07, 6.45) is -1.39. The summed E-state index contributed by atoms with van der Waals surface area (Å²) in [5, 5.41) is 5.02. The summed E-state index contributed by atoms with van der Waals surface area (Å²) in [5.41, 5.74) is 1.39. The molecular formula is C19H10Cl2F3N3. The molecule has 0 aliphatic rings. The molecule has 0 unspecified atom stereocenters. The summed E-state index contributed by atoms with van der Waals surface area (Å²) in [6.45, 7) is 0. The second-order valence-corrected chi connectivity index (χ2v) is 6.61. The largest absolute Gasteiger partial charge is 0.264 e. The average Bonchev–Trinajstić information content (AvgIpc) is 3.07. The van der Waals surface area contributed by atoms with Gasteiger partial charge in [-0.2, -0.15) is 5.10 Å². The minimum atomic E-state index is -2.72. The molecule has 4 aromatic rings. The van der Waals surface area contributed by atoms with Gasteiger partial charge in [0.25, 0.3) is 6.43 Å². The number of fused-ring (bicyclic) bond motifs is 1. The first kappa shape index (κ1) is 17.8. The van der Waals surface area contributed by atoms with Crippen LogP contribution in [0.15, 0.2) is 54.7 Å². The lowest BCUT2D eigenvalue weighted by molar-refractivity contribution is 0.153. The number of nitrogens with zero attached hydrogens (tertiary/aromatic N) is 3. The summed E-state index contributed by atoms with van der Waals surface area (Å²) in [4.78, 5) is 4.49. The molecule has 4 rings (SSSR count). The summed E-state index contributed by atoms with van der Waals surface area (Å²) in [6, 6.07) is 11.6. The van der Waals surface area contributed by atoms with Gasteiger partial charge in [0, 0.05) is 16.5 Å². The van der Waals surface area contributed by atoms with Crippen LogP contribution in [0.5, 0.6) is 0 Å². The van der Waals surface area contributed by atoms with Gasteiger partial charge in [0.05, 0.1) is 27.6 Å². The van der Waals surface area contributed by atoms with Crippen LogP contribution in [0.25, 0.3) is 28.0 Å². The predicted molar refractivity (Wildman–Crippen MR) is 99.2 cm³/mol. The van der Waals surface area contributed by atoms with E-state index in [4.69, 9.17) is 23.2 Å². The van der Waals surface area contributed by atoms with Crippen LogP contribution < -0.4 is 0 Å². The van der Waals surface area contributed by atoms with Gasteiger partial charge in [-0.05, 0) is 42.5 Å². The quantitative estimate of drug-likeness (QED) is 0.389. The molecule has 0 saturated heterocycles. The highest BCUT2D eigenvalue weighted by Gasteiger charge is 2.19. The zero-order valence-corrected chi connectivity index (χ0v) is 15.0. The summed E-state index contributed by atoms with van der Waals surface area (Å²) in [5.74, 6) is -0.409. The molecular weight excluding hydrogens is 398 g/mol. The van der Waals surface area contributed by atoms with Crippen molar-refractivity contribution in [2.75, 3.05) is 0 Å². The molecule has 0 spiro atoms. The van der Waals surface area contributed by atoms with Crippen molar-refractivity contribution in [1.29, 1.82) is 0 Å². The monoisotopic (exact) mass is 407 g/mol. The second kappa shape index (κ2) is 6.87. The first-order chi connectivity index (χ1) is 12.9. The minimum Gasteiger partial charge on any atom is -0.228 e. The van der Waals surface area contributed by atoms with E-state index in [1.165, 1.54) is 41.2 Å². The second-order valence-electron chi connectivity index (χ2n) is 5.80. The van der Waals surface area contributed by atoms with E-state index in [0.717, 1.165) is 0 Å². The lowest BCUT2D eigenvalue weighted by Crippen LogP contribution is -2.00. The lowest BCUT2D eigenvalue weighted by atomic mass is 10.1. The van der Waals surface area contributed by atoms with Gasteiger partial charge in [-0.25, -0.2) is 22.8 Å². The van der Waals surface area contributed by atoms with E-state index in [0.29, 0.717) is 27.0 Å². The maximum Gasteiger partial charge on any atom is 0.264 e. The Bertz CT molecular complexity index is 1140. The molecule has 3 nitrogen and oxygen atoms in total. The Balaban J connectivity index is 1.97. The van der Waals surface area contributed by atoms with E-state index in [2.05, 4.69) is 10.1 Å². The van der Waals surface area contributed by atoms with Gasteiger partial charge < -0.3 is 0 Å². The third kappa shape index (κ3) is 3.26. The smallest absolute Gasteiger partial charge is 0.228 e. The van der Waals surface area contributed by atoms with Crippen LogP contribution in [0.3, 0.4) is 0 Å². The Kier molecular flexibility index (Phi) is 4.53. The first-order valence-electron chi connectivity index (χ1n) is 7.82. The number of rotatable bonds is 3. The molecule has 2 aromatic heterocycles. The molecule has 0 fully saturated rings. The van der Waals surface area contributed by atoms with Crippen LogP contribution in [0.1, 0.15) is 12.0 Å². The van der Waals surface area contributed by atoms with Gasteiger partial charge in [0.1, 0.15) is 5.82 Å². The summed E-state index contributed by atoms with van der Waals surface area (Å²) in [7, 11) is 0. The molecule has 0 bridgehead atoms. The van der Waals surface area contributed by atoms with Crippen molar-refractivity contribution in [3.8, 4) is 16.9 Å². The van der Waals surface area contributed by atoms with Gasteiger partial charge in [0.2, 0.25) is 0 Å². The fourth-order valence-electron chi connectivity index (χ4n) is 2.78. The van der Waals surface area contributed by atoms with Crippen molar-refractivity contribution in [1.82, 2.24) is 14.8 Å². The van der Waals surface area contributed by atoms with Crippen LogP contribution >= 0.6 is 23.2 Å². The van der Waals surface area contributed by atoms with Gasteiger partial charge in [-0.1, -0.05) is 29.3 Å². The van der Waals surface area contributed by atoms with Crippen molar-refractivity contribution in [2.24, 2.45) is 0 Å². The third-order valence-electron chi connectivity index (χ3n) is 4.10. The zero-order valence-electron chi connectivity index (χ0n) is 13.5. The van der Waals surface area contributed by atoms with Crippen molar-refractivity contribution >= 4 is 34.2 Å². The fourth-order valence-corrected chi connectivity index (χ4v) is 3.08. The van der Waals surface area contributed by atoms with Crippen molar-refractivity contribution in [3.63, 3.8) is 0 Å². The molecule has 136 valence electrons. The molecule has 0 atom stereocenters. The Hall–Kier alpha value is -2.57. The van der Waals surface area contributed by atoms with Crippen LogP contribution in [-0.2, 0) is 0 Å². The van der Waals surface area contributed by atoms with Gasteiger partial charge in [-0.15, -0.1) is 0 Å². The fraction of sp³-hybridized carbons (Fsp3) is 0.0526. The van der Waals surface area contributed by atoms with Crippen LogP contribution in [-0.4, -0.2) is 14.8 Å². The highest BCUT2D eigenvalue weighted by Crippen LogP contribution is 2.34. The standard InChI is InChI=1S/C19H10Cl2F3N3/c20-15-6-1-10(7-16(15)21)17-8-13(18(23)24)14-9-25-27(19(14)26-17)12-4-2-11(22)3-5-12/h1-9,18H. The predicted octanol–water partition coefficient (Wildman–Crippen LogP) is 6.47. The molecule has 0 radical (unpaired) electrons. The highest BCUT2D eigenvalue weighted by atomic mass is 35.5. The number of benzene rings is 2. The molecule has 0 aliphatic heterocycles. The first-order valence-corrected chi connectivity index (χ1v) is 8.58. The Morgan fingerprint density at radius 3 is 2.33 bits per heavy atom. The van der Waals surface area contributed by atoms with Crippen molar-refractivity contribution < 1.29 is 13.2 Å². The Morgan fingerprint density at radius 2 is 1.67 bits per heavy atom. The van der Waals surface area contributed by atoms with E-state index in [1.54, 1.807) is 18.2 Å². The number of alkyl halides is 2. The molecule has 0 aliphatic carbocycles. The normalized spacial score (nSPS) is 11.5. The number of aromatic nitrogens is 3. The van der Waals surface area contributed by atoms with Crippen LogP contribution in [0.4, 0.5) is 13.2 Å². The van der Waals surface area contributed by atoms with Gasteiger partial charge >= 0.3 is 0 Å². The Morgan fingerprint density at radius 1 is 0.926 bits per heavy atom. The molecule has 8 heteroatoms. The van der Waals surface area contributed by atoms with E-state index in [-0.39, 0.29) is 16.6 Å². The third-order valence-corrected chi connectivity index (χ3v) is 4.83. The number of pyridine rings is 1. The Labute approximate surface area is 162 Å². The van der Waals surface area contributed by atoms with E-state index >= 15 is 0 Å². The highest BCUT2D eigenvalue weighted by molar-refractivity contribution is 6.42. The molecule has 27 heavy (non-hydrogen) atoms. The average molecular weight is 408 g/mol. The van der Waals surface area contributed by atoms with Crippen molar-refractivity contribution in [2.45, 2.75) is 6.43 Å². The summed E-state index contributed by atoms with van der Waals surface area (Å²) < 4.78 is 41.9. The lowest BCUT2D eigenvalue weighted by Gasteiger charge is -2.09. The number of halogens is 5. The van der Waals surface area contributed by atoms with E-state index in [9.17, 15) is 13.2 Å². The molecule has 0 saturated carbocycles.